The Morgan fingerprint density at radius 1 is 0.825 bits per heavy atom. The number of hydrogen-bond donors (Lipinski definition) is 4. The summed E-state index contributed by atoms with van der Waals surface area (Å²) in [6.07, 6.45) is -5.68. The van der Waals surface area contributed by atoms with E-state index in [2.05, 4.69) is 9.80 Å². The van der Waals surface area contributed by atoms with E-state index in [0.717, 1.165) is 19.5 Å². The van der Waals surface area contributed by atoms with Crippen LogP contribution in [0.15, 0.2) is 0 Å². The SMILES string of the molecule is CO[C@]1(C)C[C@H](O[C@H]2[C@H](C)[C@@H](O[C@@H]3O[C@H](C)C[C@@H](N4CCC(O)CC4)[C@@H]3N(C)C)[C@@](C)(OC)C[C@@H](C)C(=O)[C@H](C)[C@@H](O)[C@@]3(O)C(C)[C@H]3OC(=O)[C@@H]2C)O[C@@H](C)[C@@H]1O. The minimum atomic E-state index is -1.80. The molecule has 4 saturated heterocycles. The zero-order valence-corrected chi connectivity index (χ0v) is 36.6. The molecule has 1 unspecified atom stereocenters. The van der Waals surface area contributed by atoms with Gasteiger partial charge in [-0.15, -0.1) is 0 Å². The van der Waals surface area contributed by atoms with Crippen molar-refractivity contribution in [3.63, 3.8) is 0 Å². The Hall–Kier alpha value is -1.34. The monoisotopic (exact) mass is 815 g/mol. The number of ketones is 1. The van der Waals surface area contributed by atoms with E-state index in [1.807, 2.05) is 34.9 Å². The van der Waals surface area contributed by atoms with Gasteiger partial charge in [0, 0.05) is 63.4 Å². The van der Waals surface area contributed by atoms with E-state index in [1.54, 1.807) is 48.7 Å². The number of methoxy groups -OCH3 is 2. The lowest BCUT2D eigenvalue weighted by Gasteiger charge is -2.52. The molecule has 330 valence electrons. The molecule has 4 aliphatic heterocycles. The molecule has 4 heterocycles. The second-order valence-electron chi connectivity index (χ2n) is 18.9. The molecule has 5 rings (SSSR count). The molecule has 0 aromatic rings. The van der Waals surface area contributed by atoms with E-state index in [0.29, 0.717) is 12.8 Å². The maximum Gasteiger partial charge on any atom is 0.311 e. The van der Waals surface area contributed by atoms with Crippen molar-refractivity contribution in [3.05, 3.63) is 0 Å². The third-order valence-electron chi connectivity index (χ3n) is 14.5. The van der Waals surface area contributed by atoms with Crippen molar-refractivity contribution in [2.24, 2.45) is 29.6 Å². The van der Waals surface area contributed by atoms with Crippen LogP contribution in [0, 0.1) is 29.6 Å². The van der Waals surface area contributed by atoms with Crippen LogP contribution in [0.3, 0.4) is 0 Å². The second kappa shape index (κ2) is 17.9. The quantitative estimate of drug-likeness (QED) is 0.261. The van der Waals surface area contributed by atoms with Crippen molar-refractivity contribution in [1.82, 2.24) is 9.80 Å². The molecule has 0 spiro atoms. The maximum absolute atomic E-state index is 14.3. The molecule has 0 bridgehead atoms. The number of likely N-dealkylation sites (N-methyl/N-ethyl adjacent to an activating group) is 1. The number of aliphatic hydroxyl groups excluding tert-OH is 3. The highest BCUT2D eigenvalue weighted by Gasteiger charge is 2.70. The third kappa shape index (κ3) is 9.16. The number of ether oxygens (including phenoxy) is 7. The summed E-state index contributed by atoms with van der Waals surface area (Å²) in [7, 11) is 7.09. The van der Waals surface area contributed by atoms with E-state index in [-0.39, 0.29) is 42.9 Å². The van der Waals surface area contributed by atoms with Crippen molar-refractivity contribution < 1.29 is 63.2 Å². The topological polar surface area (TPSA) is 186 Å². The first-order valence-corrected chi connectivity index (χ1v) is 21.2. The number of Topliss-reactive ketones (excluding diaryl/α,β-unsaturated/α-hetero) is 1. The summed E-state index contributed by atoms with van der Waals surface area (Å²) >= 11 is 0. The molecule has 57 heavy (non-hydrogen) atoms. The highest BCUT2D eigenvalue weighted by molar-refractivity contribution is 5.84. The normalized spacial score (nSPS) is 49.9. The molecule has 4 N–H and O–H groups in total. The summed E-state index contributed by atoms with van der Waals surface area (Å²) in [6, 6.07) is -0.198. The van der Waals surface area contributed by atoms with Crippen LogP contribution in [-0.4, -0.2) is 174 Å². The molecule has 19 atom stereocenters. The number of hydrogen-bond acceptors (Lipinski definition) is 15. The minimum absolute atomic E-state index is 0.0437. The number of carbonyl (C=O) groups is 2. The second-order valence-corrected chi connectivity index (χ2v) is 18.9. The lowest BCUT2D eigenvalue weighted by atomic mass is 9.75. The first kappa shape index (κ1) is 46.7. The largest absolute Gasteiger partial charge is 0.458 e. The summed E-state index contributed by atoms with van der Waals surface area (Å²) in [6.45, 7) is 17.6. The predicted octanol–water partition coefficient (Wildman–Crippen LogP) is 2.12. The number of fused-ring (bicyclic) bond motifs is 1. The van der Waals surface area contributed by atoms with Gasteiger partial charge in [-0.1, -0.05) is 27.7 Å². The zero-order valence-electron chi connectivity index (χ0n) is 36.6. The van der Waals surface area contributed by atoms with Gasteiger partial charge in [-0.2, -0.15) is 0 Å². The minimum Gasteiger partial charge on any atom is -0.458 e. The fraction of sp³-hybridized carbons (Fsp3) is 0.952. The van der Waals surface area contributed by atoms with Gasteiger partial charge in [0.2, 0.25) is 0 Å². The highest BCUT2D eigenvalue weighted by atomic mass is 16.7. The average Bonchev–Trinajstić information content (AvgIpc) is 3.69. The summed E-state index contributed by atoms with van der Waals surface area (Å²) in [5.74, 6) is -4.76. The van der Waals surface area contributed by atoms with E-state index >= 15 is 0 Å². The fourth-order valence-electron chi connectivity index (χ4n) is 10.5. The summed E-state index contributed by atoms with van der Waals surface area (Å²) < 4.78 is 45.3. The molecule has 0 aromatic carbocycles. The van der Waals surface area contributed by atoms with Gasteiger partial charge in [0.15, 0.2) is 12.6 Å². The van der Waals surface area contributed by atoms with Crippen LogP contribution in [0.25, 0.3) is 0 Å². The molecule has 15 nitrogen and oxygen atoms in total. The van der Waals surface area contributed by atoms with Crippen LogP contribution >= 0.6 is 0 Å². The number of nitrogens with zero attached hydrogens (tertiary/aromatic N) is 2. The molecular weight excluding hydrogens is 740 g/mol. The molecule has 5 aliphatic rings. The Balaban J connectivity index is 1.60. The van der Waals surface area contributed by atoms with E-state index in [1.165, 1.54) is 7.11 Å². The molecule has 0 radical (unpaired) electrons. The predicted molar refractivity (Wildman–Crippen MR) is 209 cm³/mol. The summed E-state index contributed by atoms with van der Waals surface area (Å²) in [5.41, 5.74) is -4.00. The number of likely N-dealkylation sites (tertiary alicyclic amines) is 1. The molecular formula is C42H74N2O13. The number of carbonyl (C=O) groups excluding carboxylic acids is 2. The lowest BCUT2D eigenvalue weighted by molar-refractivity contribution is -0.314. The number of esters is 1. The Kier molecular flexibility index (Phi) is 14.7. The summed E-state index contributed by atoms with van der Waals surface area (Å²) in [4.78, 5) is 32.9. The van der Waals surface area contributed by atoms with Gasteiger partial charge in [0.25, 0.3) is 0 Å². The molecule has 0 aromatic heterocycles. The lowest BCUT2D eigenvalue weighted by Crippen LogP contribution is -2.64. The molecule has 5 fully saturated rings. The molecule has 15 heteroatoms. The standard InChI is InChI=1S/C42H74N2O13/c1-21-19-41(9,52-13)36(57-39-31(43(10)11)29(18-22(2)53-39)44-16-14-28(45)15-17-44)24(4)33(55-30-20-40(8,51-12)35(48)27(7)54-30)25(5)38(49)56-37-26(6)42(37,50)34(47)23(3)32(21)46/h21-31,33-37,39,45,47-48,50H,14-20H2,1-13H3/t21-,22-,23+,24+,25-,26?,27+,29-,30+,31+,33+,34-,35+,36-,37-,39+,40-,41+,42+/m1/s1. The van der Waals surface area contributed by atoms with Gasteiger partial charge in [-0.25, -0.2) is 0 Å². The Labute approximate surface area is 339 Å². The van der Waals surface area contributed by atoms with Crippen molar-refractivity contribution in [2.45, 2.75) is 185 Å². The number of aliphatic hydroxyl groups is 4. The van der Waals surface area contributed by atoms with Crippen LogP contribution in [0.5, 0.6) is 0 Å². The third-order valence-corrected chi connectivity index (χ3v) is 14.5. The van der Waals surface area contributed by atoms with E-state index in [4.69, 9.17) is 33.2 Å². The summed E-state index contributed by atoms with van der Waals surface area (Å²) in [5, 5.41) is 44.5. The van der Waals surface area contributed by atoms with Gasteiger partial charge in [0.1, 0.15) is 23.6 Å². The zero-order chi connectivity index (χ0) is 42.5. The number of rotatable bonds is 8. The van der Waals surface area contributed by atoms with Crippen molar-refractivity contribution >= 4 is 11.8 Å². The van der Waals surface area contributed by atoms with Crippen LogP contribution in [0.4, 0.5) is 0 Å². The van der Waals surface area contributed by atoms with Gasteiger partial charge in [-0.3, -0.25) is 14.5 Å². The van der Waals surface area contributed by atoms with Crippen molar-refractivity contribution in [2.75, 3.05) is 41.4 Å². The Bertz CT molecular complexity index is 1380. The van der Waals surface area contributed by atoms with Crippen LogP contribution in [-0.2, 0) is 42.7 Å². The van der Waals surface area contributed by atoms with Crippen molar-refractivity contribution in [1.29, 1.82) is 0 Å². The average molecular weight is 815 g/mol. The van der Waals surface area contributed by atoms with Gasteiger partial charge in [-0.05, 0) is 74.4 Å². The fourth-order valence-corrected chi connectivity index (χ4v) is 10.5. The van der Waals surface area contributed by atoms with Gasteiger partial charge >= 0.3 is 5.97 Å². The van der Waals surface area contributed by atoms with Crippen molar-refractivity contribution in [3.8, 4) is 0 Å². The van der Waals surface area contributed by atoms with Gasteiger partial charge < -0.3 is 58.5 Å². The smallest absolute Gasteiger partial charge is 0.311 e. The van der Waals surface area contributed by atoms with E-state index < -0.39 is 102 Å². The van der Waals surface area contributed by atoms with Crippen LogP contribution in [0.1, 0.15) is 94.4 Å². The first-order chi connectivity index (χ1) is 26.5. The number of piperidine rings is 1. The molecule has 0 amide bonds. The van der Waals surface area contributed by atoms with Crippen LogP contribution < -0.4 is 0 Å². The Morgan fingerprint density at radius 2 is 1.44 bits per heavy atom. The van der Waals surface area contributed by atoms with E-state index in [9.17, 15) is 30.0 Å². The molecule has 1 saturated carbocycles. The Morgan fingerprint density at radius 3 is 2.02 bits per heavy atom. The molecule has 1 aliphatic carbocycles. The van der Waals surface area contributed by atoms with Gasteiger partial charge in [0.05, 0.1) is 59.8 Å². The highest BCUT2D eigenvalue weighted by Crippen LogP contribution is 2.52. The maximum atomic E-state index is 14.3. The first-order valence-electron chi connectivity index (χ1n) is 21.2. The van der Waals surface area contributed by atoms with Crippen LogP contribution in [0.2, 0.25) is 0 Å².